The van der Waals surface area contributed by atoms with Crippen molar-refractivity contribution in [3.8, 4) is 0 Å². The van der Waals surface area contributed by atoms with Gasteiger partial charge in [0.1, 0.15) is 0 Å². The summed E-state index contributed by atoms with van der Waals surface area (Å²) in [5, 5.41) is 8.81. The first-order valence-electron chi connectivity index (χ1n) is 4.43. The van der Waals surface area contributed by atoms with Crippen LogP contribution < -0.4 is 0 Å². The van der Waals surface area contributed by atoms with Gasteiger partial charge in [0, 0.05) is 13.2 Å². The number of aliphatic carboxylic acids is 1. The first-order valence-corrected chi connectivity index (χ1v) is 4.43. The Morgan fingerprint density at radius 1 is 1.67 bits per heavy atom. The molecule has 1 N–H and O–H groups in total. The van der Waals surface area contributed by atoms with Gasteiger partial charge in [-0.1, -0.05) is 13.8 Å². The topological polar surface area (TPSA) is 46.5 Å². The van der Waals surface area contributed by atoms with Gasteiger partial charge in [-0.2, -0.15) is 0 Å². The fraction of sp³-hybridized carbons (Fsp3) is 0.889. The number of carboxylic acid groups (broad SMARTS) is 1. The summed E-state index contributed by atoms with van der Waals surface area (Å²) < 4.78 is 5.25. The zero-order valence-electron chi connectivity index (χ0n) is 7.62. The van der Waals surface area contributed by atoms with Gasteiger partial charge >= 0.3 is 5.97 Å². The van der Waals surface area contributed by atoms with Crippen molar-refractivity contribution in [3.63, 3.8) is 0 Å². The van der Waals surface area contributed by atoms with Crippen LogP contribution >= 0.6 is 0 Å². The van der Waals surface area contributed by atoms with Crippen molar-refractivity contribution in [1.82, 2.24) is 0 Å². The number of hydrogen-bond donors (Lipinski definition) is 1. The molecular weight excluding hydrogens is 156 g/mol. The average Bonchev–Trinajstić information content (AvgIpc) is 2.04. The minimum Gasteiger partial charge on any atom is -0.481 e. The predicted octanol–water partition coefficient (Wildman–Crippen LogP) is 1.38. The van der Waals surface area contributed by atoms with E-state index in [1.165, 1.54) is 0 Å². The highest BCUT2D eigenvalue weighted by Gasteiger charge is 2.30. The standard InChI is InChI=1S/C9H16O3/c1-6-5-12-4-3-8(6)7(2)9(10)11/h6-8H,3-5H2,1-2H3,(H,10,11). The Hall–Kier alpha value is -0.570. The van der Waals surface area contributed by atoms with Crippen molar-refractivity contribution >= 4 is 5.97 Å². The summed E-state index contributed by atoms with van der Waals surface area (Å²) in [5.74, 6) is -0.251. The van der Waals surface area contributed by atoms with Crippen LogP contribution in [0.3, 0.4) is 0 Å². The minimum atomic E-state index is -0.686. The van der Waals surface area contributed by atoms with E-state index in [2.05, 4.69) is 6.92 Å². The van der Waals surface area contributed by atoms with Crippen LogP contribution in [-0.2, 0) is 9.53 Å². The molecule has 70 valence electrons. The molecule has 1 rings (SSSR count). The summed E-state index contributed by atoms with van der Waals surface area (Å²) in [6, 6.07) is 0. The molecule has 1 aliphatic heterocycles. The number of ether oxygens (including phenoxy) is 1. The summed E-state index contributed by atoms with van der Waals surface area (Å²) in [6.45, 7) is 5.27. The lowest BCUT2D eigenvalue weighted by Crippen LogP contribution is -2.33. The molecule has 0 spiro atoms. The molecule has 0 aliphatic carbocycles. The monoisotopic (exact) mass is 172 g/mol. The molecule has 0 aromatic rings. The van der Waals surface area contributed by atoms with Crippen molar-refractivity contribution < 1.29 is 14.6 Å². The molecule has 3 nitrogen and oxygen atoms in total. The Morgan fingerprint density at radius 2 is 2.33 bits per heavy atom. The number of carbonyl (C=O) groups is 1. The van der Waals surface area contributed by atoms with Crippen LogP contribution in [0.1, 0.15) is 20.3 Å². The quantitative estimate of drug-likeness (QED) is 0.684. The summed E-state index contributed by atoms with van der Waals surface area (Å²) in [7, 11) is 0. The average molecular weight is 172 g/mol. The molecule has 3 atom stereocenters. The van der Waals surface area contributed by atoms with Gasteiger partial charge < -0.3 is 9.84 Å². The fourth-order valence-corrected chi connectivity index (χ4v) is 1.82. The second-order valence-electron chi connectivity index (χ2n) is 3.63. The Morgan fingerprint density at radius 3 is 2.83 bits per heavy atom. The molecule has 0 aromatic carbocycles. The van der Waals surface area contributed by atoms with Crippen LogP contribution in [0, 0.1) is 17.8 Å². The minimum absolute atomic E-state index is 0.233. The fourth-order valence-electron chi connectivity index (χ4n) is 1.82. The van der Waals surface area contributed by atoms with Gasteiger partial charge in [0.15, 0.2) is 0 Å². The third kappa shape index (κ3) is 1.97. The molecule has 1 fully saturated rings. The van der Waals surface area contributed by atoms with E-state index in [-0.39, 0.29) is 11.8 Å². The van der Waals surface area contributed by atoms with Crippen molar-refractivity contribution in [2.75, 3.05) is 13.2 Å². The van der Waals surface area contributed by atoms with Crippen LogP contribution in [0.4, 0.5) is 0 Å². The molecule has 3 heteroatoms. The van der Waals surface area contributed by atoms with E-state index in [0.717, 1.165) is 6.42 Å². The predicted molar refractivity (Wildman–Crippen MR) is 44.9 cm³/mol. The van der Waals surface area contributed by atoms with Crippen molar-refractivity contribution in [1.29, 1.82) is 0 Å². The van der Waals surface area contributed by atoms with Gasteiger partial charge in [0.2, 0.25) is 0 Å². The maximum absolute atomic E-state index is 10.7. The Labute approximate surface area is 72.7 Å². The smallest absolute Gasteiger partial charge is 0.306 e. The Bertz CT molecular complexity index is 167. The second kappa shape index (κ2) is 3.90. The highest BCUT2D eigenvalue weighted by atomic mass is 16.5. The summed E-state index contributed by atoms with van der Waals surface area (Å²) in [6.07, 6.45) is 0.884. The van der Waals surface area contributed by atoms with Crippen LogP contribution in [0.15, 0.2) is 0 Å². The zero-order valence-corrected chi connectivity index (χ0v) is 7.62. The molecule has 0 saturated carbocycles. The number of rotatable bonds is 2. The first-order chi connectivity index (χ1) is 5.63. The summed E-state index contributed by atoms with van der Waals surface area (Å²) in [5.41, 5.74) is 0. The molecule has 1 heterocycles. The van der Waals surface area contributed by atoms with E-state index in [4.69, 9.17) is 9.84 Å². The highest BCUT2D eigenvalue weighted by Crippen LogP contribution is 2.28. The molecule has 0 radical (unpaired) electrons. The van der Waals surface area contributed by atoms with Gasteiger partial charge in [-0.25, -0.2) is 0 Å². The lowest BCUT2D eigenvalue weighted by atomic mass is 9.80. The molecule has 3 unspecified atom stereocenters. The largest absolute Gasteiger partial charge is 0.481 e. The van der Waals surface area contributed by atoms with Gasteiger partial charge in [0.05, 0.1) is 5.92 Å². The van der Waals surface area contributed by atoms with E-state index in [1.807, 2.05) is 0 Å². The first kappa shape index (κ1) is 9.52. The molecule has 12 heavy (non-hydrogen) atoms. The maximum Gasteiger partial charge on any atom is 0.306 e. The second-order valence-corrected chi connectivity index (χ2v) is 3.63. The van der Waals surface area contributed by atoms with E-state index < -0.39 is 5.97 Å². The highest BCUT2D eigenvalue weighted by molar-refractivity contribution is 5.69. The molecule has 0 aromatic heterocycles. The molecule has 1 saturated heterocycles. The molecule has 0 bridgehead atoms. The summed E-state index contributed by atoms with van der Waals surface area (Å²) >= 11 is 0. The molecule has 1 aliphatic rings. The van der Waals surface area contributed by atoms with Gasteiger partial charge in [-0.3, -0.25) is 4.79 Å². The van der Waals surface area contributed by atoms with Crippen molar-refractivity contribution in [2.45, 2.75) is 20.3 Å². The lowest BCUT2D eigenvalue weighted by molar-refractivity contribution is -0.145. The van der Waals surface area contributed by atoms with E-state index in [9.17, 15) is 4.79 Å². The summed E-state index contributed by atoms with van der Waals surface area (Å²) in [4.78, 5) is 10.7. The zero-order chi connectivity index (χ0) is 9.14. The van der Waals surface area contributed by atoms with Gasteiger partial charge in [-0.05, 0) is 18.3 Å². The number of hydrogen-bond acceptors (Lipinski definition) is 2. The van der Waals surface area contributed by atoms with E-state index in [1.54, 1.807) is 6.92 Å². The van der Waals surface area contributed by atoms with Crippen LogP contribution in [0.2, 0.25) is 0 Å². The SMILES string of the molecule is CC1COCCC1C(C)C(=O)O. The van der Waals surface area contributed by atoms with Crippen LogP contribution in [-0.4, -0.2) is 24.3 Å². The molecule has 0 amide bonds. The van der Waals surface area contributed by atoms with E-state index >= 15 is 0 Å². The third-order valence-corrected chi connectivity index (χ3v) is 2.74. The van der Waals surface area contributed by atoms with E-state index in [0.29, 0.717) is 19.1 Å². The van der Waals surface area contributed by atoms with Gasteiger partial charge in [-0.15, -0.1) is 0 Å². The Balaban J connectivity index is 2.53. The molecular formula is C9H16O3. The van der Waals surface area contributed by atoms with Crippen molar-refractivity contribution in [3.05, 3.63) is 0 Å². The third-order valence-electron chi connectivity index (χ3n) is 2.74. The van der Waals surface area contributed by atoms with Crippen LogP contribution in [0.25, 0.3) is 0 Å². The Kier molecular flexibility index (Phi) is 3.09. The van der Waals surface area contributed by atoms with Gasteiger partial charge in [0.25, 0.3) is 0 Å². The maximum atomic E-state index is 10.7. The van der Waals surface area contributed by atoms with Crippen LogP contribution in [0.5, 0.6) is 0 Å². The lowest BCUT2D eigenvalue weighted by Gasteiger charge is -2.31. The van der Waals surface area contributed by atoms with Crippen molar-refractivity contribution in [2.24, 2.45) is 17.8 Å². The number of carboxylic acids is 1. The normalized spacial score (nSPS) is 32.8.